The van der Waals surface area contributed by atoms with Crippen molar-refractivity contribution < 1.29 is 8.78 Å². The number of hydrogen-bond acceptors (Lipinski definition) is 1. The molecule has 0 spiro atoms. The molecule has 0 aliphatic rings. The van der Waals surface area contributed by atoms with Gasteiger partial charge < -0.3 is 4.57 Å². The smallest absolute Gasteiger partial charge is 0.320 e. The second-order valence-corrected chi connectivity index (χ2v) is 3.34. The lowest BCUT2D eigenvalue weighted by Crippen LogP contribution is -1.98. The maximum absolute atomic E-state index is 12.7. The van der Waals surface area contributed by atoms with E-state index in [2.05, 4.69) is 0 Å². The fraction of sp³-hybridized carbons (Fsp3) is 0.222. The van der Waals surface area contributed by atoms with Gasteiger partial charge in [0.05, 0.1) is 11.0 Å². The van der Waals surface area contributed by atoms with Crippen LogP contribution in [0, 0.1) is 4.77 Å². The molecule has 1 aromatic carbocycles. The van der Waals surface area contributed by atoms with Gasteiger partial charge in [-0.25, -0.2) is 0 Å². The molecule has 2 aromatic rings. The molecule has 0 saturated heterocycles. The fourth-order valence-corrected chi connectivity index (χ4v) is 1.78. The van der Waals surface area contributed by atoms with E-state index in [1.54, 1.807) is 35.9 Å². The molecule has 2 nitrogen and oxygen atoms in total. The van der Waals surface area contributed by atoms with E-state index in [0.717, 1.165) is 10.1 Å². The Morgan fingerprint density at radius 3 is 2.36 bits per heavy atom. The first-order valence-corrected chi connectivity index (χ1v) is 4.48. The Balaban J connectivity index is 2.95. The standard InChI is InChI=1S/C9H8F2N2S/c1-12-6-4-2-3-5-7(6)13(8(10)11)9(12)14/h2-5,8H,1H3. The molecule has 0 unspecified atom stereocenters. The van der Waals surface area contributed by atoms with Gasteiger partial charge in [-0.1, -0.05) is 12.1 Å². The molecule has 0 bridgehead atoms. The Morgan fingerprint density at radius 1 is 1.21 bits per heavy atom. The Labute approximate surface area is 84.4 Å². The van der Waals surface area contributed by atoms with Crippen molar-refractivity contribution in [2.75, 3.05) is 0 Å². The highest BCUT2D eigenvalue weighted by Crippen LogP contribution is 2.22. The van der Waals surface area contributed by atoms with Crippen LogP contribution in [-0.4, -0.2) is 9.13 Å². The number of aryl methyl sites for hydroxylation is 1. The van der Waals surface area contributed by atoms with E-state index >= 15 is 0 Å². The number of hydrogen-bond donors (Lipinski definition) is 0. The highest BCUT2D eigenvalue weighted by Gasteiger charge is 2.13. The summed E-state index contributed by atoms with van der Waals surface area (Å²) in [6.45, 7) is -2.59. The van der Waals surface area contributed by atoms with Gasteiger partial charge in [-0.2, -0.15) is 8.78 Å². The molecule has 0 aliphatic heterocycles. The molecular formula is C9H8F2N2S. The van der Waals surface area contributed by atoms with Crippen molar-refractivity contribution in [2.24, 2.45) is 7.05 Å². The van der Waals surface area contributed by atoms with Crippen molar-refractivity contribution in [3.63, 3.8) is 0 Å². The second-order valence-electron chi connectivity index (χ2n) is 2.98. The van der Waals surface area contributed by atoms with Crippen molar-refractivity contribution in [1.29, 1.82) is 0 Å². The number of aromatic nitrogens is 2. The van der Waals surface area contributed by atoms with Crippen LogP contribution in [-0.2, 0) is 7.05 Å². The molecule has 1 heterocycles. The SMILES string of the molecule is Cn1c(=S)n(C(F)F)c2ccccc21. The van der Waals surface area contributed by atoms with Gasteiger partial charge in [0, 0.05) is 7.05 Å². The minimum absolute atomic E-state index is 0.140. The summed E-state index contributed by atoms with van der Waals surface area (Å²) in [6, 6.07) is 6.92. The minimum atomic E-state index is -2.59. The maximum atomic E-state index is 12.7. The van der Waals surface area contributed by atoms with Crippen molar-refractivity contribution in [3.8, 4) is 0 Å². The molecule has 1 aromatic heterocycles. The number of rotatable bonds is 1. The van der Waals surface area contributed by atoms with Gasteiger partial charge in [-0.15, -0.1) is 0 Å². The van der Waals surface area contributed by atoms with Crippen LogP contribution in [0.5, 0.6) is 0 Å². The summed E-state index contributed by atoms with van der Waals surface area (Å²) in [6.07, 6.45) is 0. The first kappa shape index (κ1) is 9.33. The Morgan fingerprint density at radius 2 is 1.79 bits per heavy atom. The molecule has 0 aliphatic carbocycles. The number of para-hydroxylation sites is 2. The quantitative estimate of drug-likeness (QED) is 0.663. The lowest BCUT2D eigenvalue weighted by Gasteiger charge is -2.00. The first-order valence-electron chi connectivity index (χ1n) is 4.07. The number of halogens is 2. The third-order valence-corrected chi connectivity index (χ3v) is 2.66. The average Bonchev–Trinajstić information content (AvgIpc) is 2.41. The maximum Gasteiger partial charge on any atom is 0.321 e. The van der Waals surface area contributed by atoms with Gasteiger partial charge in [0.2, 0.25) is 0 Å². The van der Waals surface area contributed by atoms with Gasteiger partial charge in [0.25, 0.3) is 0 Å². The number of nitrogens with zero attached hydrogens (tertiary/aromatic N) is 2. The second kappa shape index (κ2) is 3.16. The summed E-state index contributed by atoms with van der Waals surface area (Å²) >= 11 is 4.92. The van der Waals surface area contributed by atoms with Crippen LogP contribution in [0.2, 0.25) is 0 Å². The van der Waals surface area contributed by atoms with Crippen LogP contribution in [0.4, 0.5) is 8.78 Å². The molecule has 74 valence electrons. The van der Waals surface area contributed by atoms with E-state index in [1.807, 2.05) is 0 Å². The first-order chi connectivity index (χ1) is 6.63. The van der Waals surface area contributed by atoms with E-state index < -0.39 is 6.55 Å². The number of alkyl halides is 2. The average molecular weight is 214 g/mol. The Hall–Kier alpha value is -1.23. The van der Waals surface area contributed by atoms with Crippen LogP contribution in [0.15, 0.2) is 24.3 Å². The van der Waals surface area contributed by atoms with E-state index in [4.69, 9.17) is 12.2 Å². The predicted octanol–water partition coefficient (Wildman–Crippen LogP) is 3.10. The lowest BCUT2D eigenvalue weighted by molar-refractivity contribution is 0.0725. The predicted molar refractivity (Wildman–Crippen MR) is 53.0 cm³/mol. The molecule has 2 rings (SSSR count). The van der Waals surface area contributed by atoms with E-state index in [9.17, 15) is 8.78 Å². The Kier molecular flexibility index (Phi) is 2.11. The molecular weight excluding hydrogens is 206 g/mol. The van der Waals surface area contributed by atoms with Crippen molar-refractivity contribution in [2.45, 2.75) is 6.55 Å². The number of fused-ring (bicyclic) bond motifs is 1. The van der Waals surface area contributed by atoms with Crippen LogP contribution in [0.25, 0.3) is 11.0 Å². The van der Waals surface area contributed by atoms with Gasteiger partial charge in [-0.05, 0) is 24.4 Å². The summed E-state index contributed by atoms with van der Waals surface area (Å²) in [4.78, 5) is 0. The van der Waals surface area contributed by atoms with Gasteiger partial charge in [0.1, 0.15) is 0 Å². The topological polar surface area (TPSA) is 9.86 Å². The largest absolute Gasteiger partial charge is 0.321 e. The summed E-state index contributed by atoms with van der Waals surface area (Å²) in [5.41, 5.74) is 1.19. The van der Waals surface area contributed by atoms with Crippen LogP contribution in [0.1, 0.15) is 6.55 Å². The molecule has 14 heavy (non-hydrogen) atoms. The Bertz CT molecular complexity index is 527. The normalized spacial score (nSPS) is 11.4. The molecule has 5 heteroatoms. The molecule has 0 saturated carbocycles. The molecule has 0 fully saturated rings. The zero-order valence-corrected chi connectivity index (χ0v) is 8.26. The third kappa shape index (κ3) is 1.16. The van der Waals surface area contributed by atoms with Crippen molar-refractivity contribution in [3.05, 3.63) is 29.0 Å². The van der Waals surface area contributed by atoms with Gasteiger partial charge in [0.15, 0.2) is 4.77 Å². The number of benzene rings is 1. The monoisotopic (exact) mass is 214 g/mol. The van der Waals surface area contributed by atoms with Gasteiger partial charge >= 0.3 is 6.55 Å². The summed E-state index contributed by atoms with van der Waals surface area (Å²) in [5.74, 6) is 0. The molecule has 0 atom stereocenters. The summed E-state index contributed by atoms with van der Waals surface area (Å²) in [5, 5.41) is 0. The number of imidazole rings is 1. The molecule has 0 amide bonds. The van der Waals surface area contributed by atoms with Crippen LogP contribution in [0.3, 0.4) is 0 Å². The van der Waals surface area contributed by atoms with Crippen molar-refractivity contribution in [1.82, 2.24) is 9.13 Å². The van der Waals surface area contributed by atoms with E-state index in [-0.39, 0.29) is 4.77 Å². The van der Waals surface area contributed by atoms with Gasteiger partial charge in [-0.3, -0.25) is 4.57 Å². The summed E-state index contributed by atoms with van der Waals surface area (Å²) < 4.78 is 27.9. The molecule has 0 radical (unpaired) electrons. The fourth-order valence-electron chi connectivity index (χ4n) is 1.51. The van der Waals surface area contributed by atoms with E-state index in [1.165, 1.54) is 0 Å². The van der Waals surface area contributed by atoms with Crippen molar-refractivity contribution >= 4 is 23.3 Å². The van der Waals surface area contributed by atoms with Crippen LogP contribution < -0.4 is 0 Å². The minimum Gasteiger partial charge on any atom is -0.320 e. The summed E-state index contributed by atoms with van der Waals surface area (Å²) in [7, 11) is 1.68. The lowest BCUT2D eigenvalue weighted by atomic mass is 10.3. The third-order valence-electron chi connectivity index (χ3n) is 2.19. The van der Waals surface area contributed by atoms with Crippen LogP contribution >= 0.6 is 12.2 Å². The van der Waals surface area contributed by atoms with E-state index in [0.29, 0.717) is 5.52 Å². The highest BCUT2D eigenvalue weighted by atomic mass is 32.1. The molecule has 0 N–H and O–H groups in total. The highest BCUT2D eigenvalue weighted by molar-refractivity contribution is 7.71. The zero-order valence-electron chi connectivity index (χ0n) is 7.45. The zero-order chi connectivity index (χ0) is 10.3.